The molecule has 7 N–H and O–H groups in total. The first-order valence-electron chi connectivity index (χ1n) is 7.31. The van der Waals surface area contributed by atoms with Crippen molar-refractivity contribution in [1.29, 1.82) is 0 Å². The molecule has 26 heavy (non-hydrogen) atoms. The Bertz CT molecular complexity index is 956. The predicted molar refractivity (Wildman–Crippen MR) is 101 cm³/mol. The molecule has 0 saturated heterocycles. The fourth-order valence-corrected chi connectivity index (χ4v) is 3.92. The minimum Gasteiger partial charge on any atom is -0.382 e. The molecule has 0 amide bonds. The summed E-state index contributed by atoms with van der Waals surface area (Å²) in [5.41, 5.74) is 9.21. The highest BCUT2D eigenvalue weighted by molar-refractivity contribution is 7.89. The van der Waals surface area contributed by atoms with Crippen LogP contribution in [0.5, 0.6) is 0 Å². The van der Waals surface area contributed by atoms with E-state index in [1.807, 2.05) is 5.53 Å². The summed E-state index contributed by atoms with van der Waals surface area (Å²) in [5, 5.41) is 8.97. The van der Waals surface area contributed by atoms with Gasteiger partial charge in [-0.1, -0.05) is 24.3 Å². The molecule has 0 heterocycles. The molecule has 0 saturated carbocycles. The average molecular weight is 396 g/mol. The molecule has 0 aliphatic heterocycles. The number of sulfonamides is 1. The number of nitrogens with zero attached hydrogens (tertiary/aromatic N) is 2. The lowest BCUT2D eigenvalue weighted by Gasteiger charge is -2.14. The van der Waals surface area contributed by atoms with E-state index in [4.69, 9.17) is 16.7 Å². The van der Waals surface area contributed by atoms with E-state index in [2.05, 4.69) is 5.10 Å². The Labute approximate surface area is 154 Å². The number of benzene rings is 2. The topological polar surface area (TPSA) is 157 Å². The van der Waals surface area contributed by atoms with E-state index < -0.39 is 21.0 Å². The van der Waals surface area contributed by atoms with Crippen molar-refractivity contribution in [2.75, 3.05) is 14.1 Å². The number of hydrogen-bond donors (Lipinski definition) is 4. The van der Waals surface area contributed by atoms with Crippen molar-refractivity contribution >= 4 is 26.8 Å². The lowest BCUT2D eigenvalue weighted by molar-refractivity contribution is 0.597. The maximum atomic E-state index is 12.1. The number of hydrazine groups is 1. The zero-order chi connectivity index (χ0) is 19.5. The van der Waals surface area contributed by atoms with Gasteiger partial charge in [0, 0.05) is 5.56 Å². The molecule has 0 aliphatic rings. The van der Waals surface area contributed by atoms with Crippen molar-refractivity contribution in [2.45, 2.75) is 9.79 Å². The van der Waals surface area contributed by atoms with Crippen LogP contribution in [0.2, 0.25) is 0 Å². The van der Waals surface area contributed by atoms with E-state index in [0.717, 1.165) is 0 Å². The van der Waals surface area contributed by atoms with Gasteiger partial charge in [-0.15, -0.1) is 5.10 Å². The lowest BCUT2D eigenvalue weighted by Crippen LogP contribution is -2.26. The van der Waals surface area contributed by atoms with Crippen LogP contribution >= 0.6 is 0 Å². The highest BCUT2D eigenvalue weighted by Gasteiger charge is 2.21. The maximum absolute atomic E-state index is 12.1. The number of nitrogens with one attached hydrogen (secondary N) is 1. The summed E-state index contributed by atoms with van der Waals surface area (Å²) in [4.78, 5) is 0.431. The minimum atomic E-state index is -4.04. The molecule has 0 radical (unpaired) electrons. The second-order valence-corrected chi connectivity index (χ2v) is 8.67. The van der Waals surface area contributed by atoms with Crippen LogP contribution in [0.15, 0.2) is 57.4 Å². The van der Waals surface area contributed by atoms with Gasteiger partial charge in [-0.25, -0.2) is 33.4 Å². The molecule has 9 nitrogen and oxygen atoms in total. The Hall–Kier alpha value is -2.31. The van der Waals surface area contributed by atoms with Crippen LogP contribution in [0, 0.1) is 0 Å². The number of primary sulfonamides is 1. The summed E-state index contributed by atoms with van der Waals surface area (Å²) in [6, 6.07) is 11.4. The predicted octanol–water partition coefficient (Wildman–Crippen LogP) is -0.331. The zero-order valence-corrected chi connectivity index (χ0v) is 15.8. The summed E-state index contributed by atoms with van der Waals surface area (Å²) in [5.74, 6) is 5.03. The number of amidine groups is 1. The van der Waals surface area contributed by atoms with E-state index in [1.54, 1.807) is 54.8 Å². The van der Waals surface area contributed by atoms with Crippen LogP contribution < -0.4 is 22.3 Å². The van der Waals surface area contributed by atoms with E-state index in [9.17, 15) is 12.6 Å². The molecular weight excluding hydrogens is 376 g/mol. The average Bonchev–Trinajstić information content (AvgIpc) is 2.60. The normalized spacial score (nSPS) is 13.7. The van der Waals surface area contributed by atoms with Gasteiger partial charge in [0.25, 0.3) is 0 Å². The van der Waals surface area contributed by atoms with Crippen molar-refractivity contribution in [3.63, 3.8) is 0 Å². The first kappa shape index (κ1) is 20.0. The Balaban J connectivity index is 2.67. The summed E-state index contributed by atoms with van der Waals surface area (Å²) < 4.78 is 37.6. The molecule has 140 valence electrons. The molecule has 1 unspecified atom stereocenters. The second-order valence-electron chi connectivity index (χ2n) is 5.44. The molecule has 0 aliphatic carbocycles. The highest BCUT2D eigenvalue weighted by atomic mass is 32.2. The molecule has 0 fully saturated rings. The third-order valence-corrected chi connectivity index (χ3v) is 5.76. The van der Waals surface area contributed by atoms with Crippen LogP contribution in [-0.2, 0) is 21.0 Å². The molecular formula is C15H20N6O3S2. The van der Waals surface area contributed by atoms with Gasteiger partial charge in [-0.3, -0.25) is 0 Å². The number of rotatable bonds is 6. The fraction of sp³-hybridized carbons (Fsp3) is 0.133. The third-order valence-electron chi connectivity index (χ3n) is 3.47. The summed E-state index contributed by atoms with van der Waals surface area (Å²) in [6.07, 6.45) is 0. The second kappa shape index (κ2) is 7.93. The van der Waals surface area contributed by atoms with E-state index in [0.29, 0.717) is 16.0 Å². The van der Waals surface area contributed by atoms with Gasteiger partial charge in [-0.05, 0) is 43.4 Å². The first-order chi connectivity index (χ1) is 12.2. The summed E-state index contributed by atoms with van der Waals surface area (Å²) in [6.45, 7) is 0. The largest absolute Gasteiger partial charge is 0.382 e. The maximum Gasteiger partial charge on any atom is 0.238 e. The minimum absolute atomic E-state index is 0.131. The van der Waals surface area contributed by atoms with Crippen molar-refractivity contribution in [3.8, 4) is 11.1 Å². The Morgan fingerprint density at radius 2 is 1.77 bits per heavy atom. The van der Waals surface area contributed by atoms with Crippen LogP contribution in [0.25, 0.3) is 11.1 Å². The summed E-state index contributed by atoms with van der Waals surface area (Å²) >= 11 is 0. The van der Waals surface area contributed by atoms with Gasteiger partial charge >= 0.3 is 0 Å². The number of hydrazone groups is 1. The van der Waals surface area contributed by atoms with Gasteiger partial charge in [-0.2, -0.15) is 0 Å². The van der Waals surface area contributed by atoms with E-state index >= 15 is 0 Å². The van der Waals surface area contributed by atoms with Gasteiger partial charge in [0.1, 0.15) is 11.0 Å². The van der Waals surface area contributed by atoms with Crippen LogP contribution in [0.4, 0.5) is 0 Å². The van der Waals surface area contributed by atoms with Crippen LogP contribution in [0.3, 0.4) is 0 Å². The van der Waals surface area contributed by atoms with Gasteiger partial charge < -0.3 is 5.73 Å². The Kier molecular flexibility index (Phi) is 6.10. The van der Waals surface area contributed by atoms with E-state index in [-0.39, 0.29) is 16.3 Å². The first-order valence-corrected chi connectivity index (χ1v) is 9.96. The molecule has 0 spiro atoms. The Morgan fingerprint density at radius 1 is 1.15 bits per heavy atom. The van der Waals surface area contributed by atoms with Gasteiger partial charge in [0.2, 0.25) is 10.0 Å². The van der Waals surface area contributed by atoms with Gasteiger partial charge in [0.15, 0.2) is 5.84 Å². The SMILES string of the molecule is CN(C)S(=O)c1ccc(-c2cccc(S(N)(=O)=O)c2/C(N)=N/NN)cc1. The standard InChI is InChI=1S/C15H20N6O3S2/c1-21(2)25(22)11-8-6-10(7-9-11)12-4-3-5-13(26(18,23)24)14(12)15(16)19-20-17/h3-9,20H,17H2,1-2H3,(H2,16,19)(H2,18,23,24). The molecule has 2 aromatic rings. The van der Waals surface area contributed by atoms with Crippen molar-refractivity contribution in [1.82, 2.24) is 9.84 Å². The summed E-state index contributed by atoms with van der Waals surface area (Å²) in [7, 11) is -1.93. The molecule has 0 aromatic heterocycles. The molecule has 11 heteroatoms. The molecule has 2 rings (SSSR count). The van der Waals surface area contributed by atoms with E-state index in [1.165, 1.54) is 6.07 Å². The zero-order valence-electron chi connectivity index (χ0n) is 14.2. The van der Waals surface area contributed by atoms with Crippen molar-refractivity contribution in [3.05, 3.63) is 48.0 Å². The van der Waals surface area contributed by atoms with Gasteiger partial charge in [0.05, 0.1) is 9.79 Å². The van der Waals surface area contributed by atoms with Crippen LogP contribution in [0.1, 0.15) is 5.56 Å². The Morgan fingerprint density at radius 3 is 2.27 bits per heavy atom. The molecule has 0 bridgehead atoms. The van der Waals surface area contributed by atoms with Crippen LogP contribution in [-0.4, -0.2) is 36.9 Å². The highest BCUT2D eigenvalue weighted by Crippen LogP contribution is 2.29. The third kappa shape index (κ3) is 4.26. The number of hydrogen-bond acceptors (Lipinski definition) is 6. The molecule has 2 aromatic carbocycles. The van der Waals surface area contributed by atoms with Crippen molar-refractivity contribution < 1.29 is 12.6 Å². The lowest BCUT2D eigenvalue weighted by atomic mass is 9.99. The fourth-order valence-electron chi connectivity index (χ4n) is 2.36. The quantitative estimate of drug-likeness (QED) is 0.227. The van der Waals surface area contributed by atoms with Crippen molar-refractivity contribution in [2.24, 2.45) is 21.8 Å². The smallest absolute Gasteiger partial charge is 0.238 e. The number of nitrogens with two attached hydrogens (primary N) is 3. The monoisotopic (exact) mass is 396 g/mol. The molecule has 1 atom stereocenters.